The molecule has 1 aliphatic rings. The molecule has 2 aromatic heterocycles. The molecule has 3 heterocycles. The number of aromatic nitrogens is 3. The van der Waals surface area contributed by atoms with Gasteiger partial charge in [0.05, 0.1) is 29.5 Å². The van der Waals surface area contributed by atoms with Gasteiger partial charge in [-0.05, 0) is 26.8 Å². The Morgan fingerprint density at radius 1 is 1.36 bits per heavy atom. The Balaban J connectivity index is 1.78. The molecule has 3 rings (SSSR count). The second-order valence-corrected chi connectivity index (χ2v) is 6.49. The number of carbonyl (C=O) groups excluding carboxylic acids is 1. The number of hydrogen-bond donors (Lipinski definition) is 0. The molecule has 0 saturated carbocycles. The first-order valence-electron chi connectivity index (χ1n) is 7.19. The maximum Gasteiger partial charge on any atom is 0.266 e. The van der Waals surface area contributed by atoms with Gasteiger partial charge in [0.2, 0.25) is 0 Å². The highest BCUT2D eigenvalue weighted by Crippen LogP contribution is 2.24. The van der Waals surface area contributed by atoms with E-state index in [0.29, 0.717) is 25.5 Å². The lowest BCUT2D eigenvalue weighted by Gasteiger charge is -2.32. The SMILES string of the molecule is Cc1nccc(C2CN(C(=O)c3sc(C)nc3C)CCO2)n1. The summed E-state index contributed by atoms with van der Waals surface area (Å²) < 4.78 is 5.77. The van der Waals surface area contributed by atoms with Gasteiger partial charge in [-0.25, -0.2) is 15.0 Å². The number of nitrogens with zero attached hydrogens (tertiary/aromatic N) is 4. The molecular weight excluding hydrogens is 300 g/mol. The summed E-state index contributed by atoms with van der Waals surface area (Å²) in [5.41, 5.74) is 1.62. The van der Waals surface area contributed by atoms with E-state index in [1.807, 2.05) is 31.7 Å². The second kappa shape index (κ2) is 6.10. The van der Waals surface area contributed by atoms with E-state index in [1.54, 1.807) is 6.20 Å². The van der Waals surface area contributed by atoms with Crippen LogP contribution in [0.1, 0.15) is 38.0 Å². The van der Waals surface area contributed by atoms with Crippen LogP contribution in [-0.4, -0.2) is 45.5 Å². The summed E-state index contributed by atoms with van der Waals surface area (Å²) in [6.07, 6.45) is 1.52. The first kappa shape index (κ1) is 15.1. The minimum atomic E-state index is -0.200. The summed E-state index contributed by atoms with van der Waals surface area (Å²) >= 11 is 1.45. The molecule has 0 N–H and O–H groups in total. The molecular formula is C15H18N4O2S. The highest BCUT2D eigenvalue weighted by Gasteiger charge is 2.28. The maximum atomic E-state index is 12.7. The fourth-order valence-electron chi connectivity index (χ4n) is 2.54. The third-order valence-corrected chi connectivity index (χ3v) is 4.64. The van der Waals surface area contributed by atoms with Gasteiger partial charge in [0.15, 0.2) is 0 Å². The number of ether oxygens (including phenoxy) is 1. The van der Waals surface area contributed by atoms with Gasteiger partial charge < -0.3 is 9.64 Å². The average Bonchev–Trinajstić information content (AvgIpc) is 2.85. The number of thiazole rings is 1. The first-order valence-corrected chi connectivity index (χ1v) is 8.00. The van der Waals surface area contributed by atoms with Crippen molar-refractivity contribution in [2.24, 2.45) is 0 Å². The largest absolute Gasteiger partial charge is 0.368 e. The molecule has 22 heavy (non-hydrogen) atoms. The van der Waals surface area contributed by atoms with Gasteiger partial charge in [-0.2, -0.15) is 0 Å². The first-order chi connectivity index (χ1) is 10.5. The summed E-state index contributed by atoms with van der Waals surface area (Å²) in [6, 6.07) is 1.84. The van der Waals surface area contributed by atoms with Crippen LogP contribution in [-0.2, 0) is 4.74 Å². The number of aryl methyl sites for hydroxylation is 3. The molecule has 6 nitrogen and oxygen atoms in total. The summed E-state index contributed by atoms with van der Waals surface area (Å²) in [7, 11) is 0. The standard InChI is InChI=1S/C15H18N4O2S/c1-9-14(22-11(3)17-9)15(20)19-6-7-21-13(8-19)12-4-5-16-10(2)18-12/h4-5,13H,6-8H2,1-3H3. The minimum absolute atomic E-state index is 0.0298. The quantitative estimate of drug-likeness (QED) is 0.848. The van der Waals surface area contributed by atoms with Gasteiger partial charge >= 0.3 is 0 Å². The van der Waals surface area contributed by atoms with Crippen LogP contribution in [0.4, 0.5) is 0 Å². The van der Waals surface area contributed by atoms with Crippen molar-refractivity contribution in [1.29, 1.82) is 0 Å². The normalized spacial score (nSPS) is 18.5. The van der Waals surface area contributed by atoms with E-state index in [-0.39, 0.29) is 12.0 Å². The third kappa shape index (κ3) is 3.00. The summed E-state index contributed by atoms with van der Waals surface area (Å²) in [4.78, 5) is 28.1. The van der Waals surface area contributed by atoms with E-state index in [2.05, 4.69) is 15.0 Å². The van der Waals surface area contributed by atoms with E-state index < -0.39 is 0 Å². The molecule has 1 amide bonds. The van der Waals surface area contributed by atoms with Crippen molar-refractivity contribution in [3.05, 3.63) is 39.4 Å². The molecule has 0 bridgehead atoms. The zero-order valence-electron chi connectivity index (χ0n) is 12.9. The van der Waals surface area contributed by atoms with Crippen LogP contribution in [0.3, 0.4) is 0 Å². The number of carbonyl (C=O) groups is 1. The maximum absolute atomic E-state index is 12.7. The van der Waals surface area contributed by atoms with Gasteiger partial charge in [-0.1, -0.05) is 0 Å². The molecule has 0 spiro atoms. The average molecular weight is 318 g/mol. The van der Waals surface area contributed by atoms with E-state index in [1.165, 1.54) is 11.3 Å². The van der Waals surface area contributed by atoms with Crippen LogP contribution >= 0.6 is 11.3 Å². The van der Waals surface area contributed by atoms with Gasteiger partial charge in [0.25, 0.3) is 5.91 Å². The Labute approximate surface area is 133 Å². The van der Waals surface area contributed by atoms with Gasteiger partial charge in [-0.3, -0.25) is 4.79 Å². The van der Waals surface area contributed by atoms with E-state index in [9.17, 15) is 4.79 Å². The molecule has 1 saturated heterocycles. The summed E-state index contributed by atoms with van der Waals surface area (Å²) in [6.45, 7) is 7.25. The van der Waals surface area contributed by atoms with E-state index in [0.717, 1.165) is 21.3 Å². The van der Waals surface area contributed by atoms with Crippen LogP contribution in [0.5, 0.6) is 0 Å². The topological polar surface area (TPSA) is 68.2 Å². The molecule has 0 radical (unpaired) electrons. The monoisotopic (exact) mass is 318 g/mol. The van der Waals surface area contributed by atoms with Gasteiger partial charge in [0, 0.05) is 12.7 Å². The molecule has 0 aromatic carbocycles. The van der Waals surface area contributed by atoms with Gasteiger partial charge in [0.1, 0.15) is 16.8 Å². The fourth-order valence-corrected chi connectivity index (χ4v) is 3.43. The zero-order chi connectivity index (χ0) is 15.7. The number of hydrogen-bond acceptors (Lipinski definition) is 6. The lowest BCUT2D eigenvalue weighted by Crippen LogP contribution is -2.42. The third-order valence-electron chi connectivity index (χ3n) is 3.58. The fraction of sp³-hybridized carbons (Fsp3) is 0.467. The Morgan fingerprint density at radius 2 is 2.18 bits per heavy atom. The molecule has 0 aliphatic carbocycles. The Morgan fingerprint density at radius 3 is 2.86 bits per heavy atom. The smallest absolute Gasteiger partial charge is 0.266 e. The number of morpholine rings is 1. The van der Waals surface area contributed by atoms with E-state index in [4.69, 9.17) is 4.74 Å². The molecule has 1 aliphatic heterocycles. The van der Waals surface area contributed by atoms with Crippen LogP contribution in [0.15, 0.2) is 12.3 Å². The van der Waals surface area contributed by atoms with Crippen LogP contribution in [0.2, 0.25) is 0 Å². The molecule has 116 valence electrons. The molecule has 2 aromatic rings. The highest BCUT2D eigenvalue weighted by atomic mass is 32.1. The van der Waals surface area contributed by atoms with Crippen LogP contribution in [0, 0.1) is 20.8 Å². The lowest BCUT2D eigenvalue weighted by atomic mass is 10.2. The molecule has 1 fully saturated rings. The molecule has 7 heteroatoms. The zero-order valence-corrected chi connectivity index (χ0v) is 13.7. The minimum Gasteiger partial charge on any atom is -0.368 e. The van der Waals surface area contributed by atoms with Crippen LogP contribution < -0.4 is 0 Å². The number of rotatable bonds is 2. The van der Waals surface area contributed by atoms with Crippen molar-refractivity contribution < 1.29 is 9.53 Å². The van der Waals surface area contributed by atoms with Crippen molar-refractivity contribution in [2.75, 3.05) is 19.7 Å². The van der Waals surface area contributed by atoms with Crippen molar-refractivity contribution in [1.82, 2.24) is 19.9 Å². The Kier molecular flexibility index (Phi) is 4.17. The van der Waals surface area contributed by atoms with Crippen molar-refractivity contribution in [3.63, 3.8) is 0 Å². The predicted octanol–water partition coefficient (Wildman–Crippen LogP) is 2.07. The lowest BCUT2D eigenvalue weighted by molar-refractivity contribution is -0.0247. The summed E-state index contributed by atoms with van der Waals surface area (Å²) in [5, 5.41) is 0.914. The second-order valence-electron chi connectivity index (χ2n) is 5.29. The Bertz CT molecular complexity index is 701. The molecule has 1 unspecified atom stereocenters. The van der Waals surface area contributed by atoms with Crippen molar-refractivity contribution >= 4 is 17.2 Å². The van der Waals surface area contributed by atoms with Crippen molar-refractivity contribution in [3.8, 4) is 0 Å². The number of amides is 1. The Hall–Kier alpha value is -1.86. The highest BCUT2D eigenvalue weighted by molar-refractivity contribution is 7.13. The van der Waals surface area contributed by atoms with Crippen LogP contribution in [0.25, 0.3) is 0 Å². The summed E-state index contributed by atoms with van der Waals surface area (Å²) in [5.74, 6) is 0.737. The van der Waals surface area contributed by atoms with Gasteiger partial charge in [-0.15, -0.1) is 11.3 Å². The van der Waals surface area contributed by atoms with E-state index >= 15 is 0 Å². The molecule has 1 atom stereocenters. The predicted molar refractivity (Wildman–Crippen MR) is 83.0 cm³/mol. The van der Waals surface area contributed by atoms with Crippen molar-refractivity contribution in [2.45, 2.75) is 26.9 Å².